The normalized spacial score (nSPS) is 25.3. The van der Waals surface area contributed by atoms with Gasteiger partial charge in [0.25, 0.3) is 0 Å². The molecular formula is C14H19NO. The van der Waals surface area contributed by atoms with Gasteiger partial charge in [0.05, 0.1) is 0 Å². The Kier molecular flexibility index (Phi) is 3.28. The van der Waals surface area contributed by atoms with Crippen molar-refractivity contribution in [1.29, 1.82) is 0 Å². The van der Waals surface area contributed by atoms with Gasteiger partial charge in [-0.15, -0.1) is 0 Å². The van der Waals surface area contributed by atoms with Crippen molar-refractivity contribution in [2.75, 3.05) is 5.73 Å². The molecule has 0 heterocycles. The number of carbonyl (C=O) groups excluding carboxylic acids is 1. The fourth-order valence-corrected chi connectivity index (χ4v) is 2.60. The second-order valence-electron chi connectivity index (χ2n) is 4.96. The molecule has 1 fully saturated rings. The number of ketones is 1. The highest BCUT2D eigenvalue weighted by molar-refractivity contribution is 5.98. The van der Waals surface area contributed by atoms with Crippen LogP contribution in [0.2, 0.25) is 0 Å². The Morgan fingerprint density at radius 2 is 2.19 bits per heavy atom. The van der Waals surface area contributed by atoms with Crippen LogP contribution in [0.5, 0.6) is 0 Å². The van der Waals surface area contributed by atoms with Crippen LogP contribution in [0, 0.1) is 11.8 Å². The van der Waals surface area contributed by atoms with E-state index in [9.17, 15) is 4.79 Å². The molecule has 16 heavy (non-hydrogen) atoms. The molecule has 2 atom stereocenters. The lowest BCUT2D eigenvalue weighted by Gasteiger charge is -2.25. The van der Waals surface area contributed by atoms with Crippen molar-refractivity contribution >= 4 is 11.5 Å². The monoisotopic (exact) mass is 217 g/mol. The lowest BCUT2D eigenvalue weighted by atomic mass is 9.79. The number of hydrogen-bond donors (Lipinski definition) is 1. The summed E-state index contributed by atoms with van der Waals surface area (Å²) in [5.74, 6) is 1.17. The quantitative estimate of drug-likeness (QED) is 0.610. The van der Waals surface area contributed by atoms with Gasteiger partial charge in [-0.1, -0.05) is 31.9 Å². The molecule has 2 nitrogen and oxygen atoms in total. The van der Waals surface area contributed by atoms with Crippen LogP contribution < -0.4 is 5.73 Å². The summed E-state index contributed by atoms with van der Waals surface area (Å²) in [6, 6.07) is 7.34. The molecule has 0 aliphatic heterocycles. The molecule has 0 spiro atoms. The van der Waals surface area contributed by atoms with Gasteiger partial charge in [0.15, 0.2) is 5.78 Å². The Labute approximate surface area is 96.8 Å². The first-order valence-corrected chi connectivity index (χ1v) is 6.06. The van der Waals surface area contributed by atoms with Crippen LogP contribution in [-0.4, -0.2) is 5.78 Å². The van der Waals surface area contributed by atoms with E-state index in [2.05, 4.69) is 6.92 Å². The number of benzene rings is 1. The summed E-state index contributed by atoms with van der Waals surface area (Å²) >= 11 is 0. The molecule has 0 bridgehead atoms. The van der Waals surface area contributed by atoms with E-state index in [0.717, 1.165) is 18.4 Å². The van der Waals surface area contributed by atoms with E-state index in [4.69, 9.17) is 5.73 Å². The van der Waals surface area contributed by atoms with E-state index in [-0.39, 0.29) is 11.7 Å². The molecule has 1 aromatic carbocycles. The molecule has 0 radical (unpaired) electrons. The Hall–Kier alpha value is -1.31. The molecule has 2 N–H and O–H groups in total. The molecule has 0 amide bonds. The molecule has 2 heteroatoms. The smallest absolute Gasteiger partial charge is 0.166 e. The average molecular weight is 217 g/mol. The van der Waals surface area contributed by atoms with E-state index in [1.165, 1.54) is 12.8 Å². The van der Waals surface area contributed by atoms with E-state index in [1.54, 1.807) is 6.07 Å². The van der Waals surface area contributed by atoms with Crippen molar-refractivity contribution in [3.8, 4) is 0 Å². The Bertz CT molecular complexity index is 386. The molecule has 0 saturated heterocycles. The Morgan fingerprint density at radius 1 is 1.38 bits per heavy atom. The largest absolute Gasteiger partial charge is 0.399 e. The van der Waals surface area contributed by atoms with E-state index < -0.39 is 0 Å². The first kappa shape index (κ1) is 11.2. The van der Waals surface area contributed by atoms with Gasteiger partial charge in [-0.25, -0.2) is 0 Å². The molecule has 2 rings (SSSR count). The summed E-state index contributed by atoms with van der Waals surface area (Å²) in [4.78, 5) is 12.2. The van der Waals surface area contributed by atoms with Crippen LogP contribution in [0.1, 0.15) is 43.0 Å². The minimum absolute atomic E-state index is 0.213. The summed E-state index contributed by atoms with van der Waals surface area (Å²) in [5.41, 5.74) is 7.15. The summed E-state index contributed by atoms with van der Waals surface area (Å²) in [6.45, 7) is 2.23. The molecule has 1 aliphatic rings. The maximum atomic E-state index is 12.2. The summed E-state index contributed by atoms with van der Waals surface area (Å²) in [7, 11) is 0. The number of rotatable bonds is 2. The molecule has 1 aromatic rings. The second kappa shape index (κ2) is 4.69. The Balaban J connectivity index is 2.12. The van der Waals surface area contributed by atoms with Gasteiger partial charge in [-0.2, -0.15) is 0 Å². The lowest BCUT2D eigenvalue weighted by Crippen LogP contribution is -2.21. The summed E-state index contributed by atoms with van der Waals surface area (Å²) < 4.78 is 0. The van der Waals surface area contributed by atoms with E-state index >= 15 is 0 Å². The zero-order chi connectivity index (χ0) is 11.5. The van der Waals surface area contributed by atoms with Crippen LogP contribution in [-0.2, 0) is 0 Å². The number of carbonyl (C=O) groups is 1. The maximum absolute atomic E-state index is 12.2. The predicted octanol–water partition coefficient (Wildman–Crippen LogP) is 3.28. The van der Waals surface area contributed by atoms with Crippen LogP contribution in [0.15, 0.2) is 24.3 Å². The third-order valence-electron chi connectivity index (χ3n) is 3.48. The average Bonchev–Trinajstić information content (AvgIpc) is 2.28. The molecule has 1 aliphatic carbocycles. The first-order valence-electron chi connectivity index (χ1n) is 6.06. The van der Waals surface area contributed by atoms with Crippen LogP contribution in [0.25, 0.3) is 0 Å². The zero-order valence-electron chi connectivity index (χ0n) is 9.78. The molecule has 2 unspecified atom stereocenters. The highest BCUT2D eigenvalue weighted by Gasteiger charge is 2.25. The summed E-state index contributed by atoms with van der Waals surface area (Å²) in [6.07, 6.45) is 4.52. The second-order valence-corrected chi connectivity index (χ2v) is 4.96. The number of nitrogen functional groups attached to an aromatic ring is 1. The SMILES string of the molecule is CC1CCCC(C(=O)c2cccc(N)c2)C1. The molecule has 0 aromatic heterocycles. The van der Waals surface area contributed by atoms with Gasteiger partial charge >= 0.3 is 0 Å². The fourth-order valence-electron chi connectivity index (χ4n) is 2.60. The standard InChI is InChI=1S/C14H19NO/c1-10-4-2-5-11(8-10)14(16)12-6-3-7-13(15)9-12/h3,6-7,9-11H,2,4-5,8,15H2,1H3. The van der Waals surface area contributed by atoms with Crippen LogP contribution in [0.3, 0.4) is 0 Å². The van der Waals surface area contributed by atoms with Crippen molar-refractivity contribution in [1.82, 2.24) is 0 Å². The first-order chi connectivity index (χ1) is 7.66. The fraction of sp³-hybridized carbons (Fsp3) is 0.500. The number of nitrogens with two attached hydrogens (primary N) is 1. The highest BCUT2D eigenvalue weighted by atomic mass is 16.1. The molecular weight excluding hydrogens is 198 g/mol. The predicted molar refractivity (Wildman–Crippen MR) is 66.3 cm³/mol. The van der Waals surface area contributed by atoms with Crippen LogP contribution >= 0.6 is 0 Å². The van der Waals surface area contributed by atoms with Gasteiger partial charge in [0.1, 0.15) is 0 Å². The topological polar surface area (TPSA) is 43.1 Å². The van der Waals surface area contributed by atoms with Gasteiger partial charge in [0.2, 0.25) is 0 Å². The minimum atomic E-state index is 0.213. The number of hydrogen-bond acceptors (Lipinski definition) is 2. The lowest BCUT2D eigenvalue weighted by molar-refractivity contribution is 0.0868. The van der Waals surface area contributed by atoms with Crippen molar-refractivity contribution in [2.45, 2.75) is 32.6 Å². The van der Waals surface area contributed by atoms with E-state index in [0.29, 0.717) is 11.6 Å². The van der Waals surface area contributed by atoms with Crippen molar-refractivity contribution in [3.05, 3.63) is 29.8 Å². The van der Waals surface area contributed by atoms with Gasteiger partial charge in [-0.05, 0) is 30.9 Å². The van der Waals surface area contributed by atoms with Gasteiger partial charge < -0.3 is 5.73 Å². The van der Waals surface area contributed by atoms with Crippen molar-refractivity contribution in [3.63, 3.8) is 0 Å². The number of Topliss-reactive ketones (excluding diaryl/α,β-unsaturated/α-hetero) is 1. The number of anilines is 1. The summed E-state index contributed by atoms with van der Waals surface area (Å²) in [5, 5.41) is 0. The maximum Gasteiger partial charge on any atom is 0.166 e. The third kappa shape index (κ3) is 2.43. The zero-order valence-corrected chi connectivity index (χ0v) is 9.78. The highest BCUT2D eigenvalue weighted by Crippen LogP contribution is 2.31. The molecule has 1 saturated carbocycles. The van der Waals surface area contributed by atoms with Crippen molar-refractivity contribution in [2.24, 2.45) is 11.8 Å². The third-order valence-corrected chi connectivity index (χ3v) is 3.48. The minimum Gasteiger partial charge on any atom is -0.399 e. The van der Waals surface area contributed by atoms with E-state index in [1.807, 2.05) is 18.2 Å². The van der Waals surface area contributed by atoms with Crippen molar-refractivity contribution < 1.29 is 4.79 Å². The van der Waals surface area contributed by atoms with Gasteiger partial charge in [-0.3, -0.25) is 4.79 Å². The Morgan fingerprint density at radius 3 is 2.88 bits per heavy atom. The van der Waals surface area contributed by atoms with Crippen LogP contribution in [0.4, 0.5) is 5.69 Å². The molecule has 86 valence electrons. The van der Waals surface area contributed by atoms with Gasteiger partial charge in [0, 0.05) is 17.2 Å².